The van der Waals surface area contributed by atoms with Gasteiger partial charge >= 0.3 is 7.12 Å². The van der Waals surface area contributed by atoms with E-state index in [9.17, 15) is 0 Å². The van der Waals surface area contributed by atoms with E-state index in [2.05, 4.69) is 45.9 Å². The number of rotatable bonds is 4. The molecule has 0 aromatic heterocycles. The Hall–Kier alpha value is -2.04. The van der Waals surface area contributed by atoms with Gasteiger partial charge in [-0.05, 0) is 44.8 Å². The van der Waals surface area contributed by atoms with Gasteiger partial charge in [0.1, 0.15) is 5.75 Å². The van der Waals surface area contributed by atoms with Crippen molar-refractivity contribution >= 4 is 18.7 Å². The number of hydrogen-bond donors (Lipinski definition) is 0. The Bertz CT molecular complexity index is 750. The minimum Gasteiger partial charge on any atom is -0.496 e. The highest BCUT2D eigenvalue weighted by Gasteiger charge is 2.52. The maximum Gasteiger partial charge on any atom is 0.495 e. The zero-order valence-electron chi connectivity index (χ0n) is 15.6. The summed E-state index contributed by atoms with van der Waals surface area (Å²) in [4.78, 5) is 0. The predicted molar refractivity (Wildman–Crippen MR) is 103 cm³/mol. The third-order valence-electron chi connectivity index (χ3n) is 5.05. The van der Waals surface area contributed by atoms with Crippen molar-refractivity contribution in [3.63, 3.8) is 0 Å². The predicted octanol–water partition coefficient (Wildman–Crippen LogP) is 4.87. The van der Waals surface area contributed by atoms with E-state index in [1.165, 1.54) is 0 Å². The van der Waals surface area contributed by atoms with Crippen LogP contribution in [-0.2, 0) is 9.31 Å². The van der Waals surface area contributed by atoms with Crippen LogP contribution in [0.3, 0.4) is 0 Å². The molecule has 0 saturated carbocycles. The Kier molecular flexibility index (Phi) is 4.76. The first-order valence-corrected chi connectivity index (χ1v) is 8.60. The van der Waals surface area contributed by atoms with Gasteiger partial charge in [0, 0.05) is 5.56 Å². The first-order valence-electron chi connectivity index (χ1n) is 8.60. The minimum absolute atomic E-state index is 0.393. The minimum atomic E-state index is -0.457. The number of hydrogen-bond acceptors (Lipinski definition) is 3. The highest BCUT2D eigenvalue weighted by Crippen LogP contribution is 2.42. The van der Waals surface area contributed by atoms with Crippen molar-refractivity contribution in [2.24, 2.45) is 0 Å². The van der Waals surface area contributed by atoms with Crippen molar-refractivity contribution in [2.75, 3.05) is 7.11 Å². The van der Waals surface area contributed by atoms with Crippen LogP contribution in [0.5, 0.6) is 5.75 Å². The largest absolute Gasteiger partial charge is 0.496 e. The summed E-state index contributed by atoms with van der Waals surface area (Å²) in [5.74, 6) is 0.805. The lowest BCUT2D eigenvalue weighted by Crippen LogP contribution is -2.41. The van der Waals surface area contributed by atoms with E-state index in [1.54, 1.807) is 7.11 Å². The molecule has 25 heavy (non-hydrogen) atoms. The molecule has 0 N–H and O–H groups in total. The third kappa shape index (κ3) is 3.51. The number of para-hydroxylation sites is 1. The molecule has 0 atom stereocenters. The van der Waals surface area contributed by atoms with Gasteiger partial charge in [-0.1, -0.05) is 54.6 Å². The molecule has 1 heterocycles. The summed E-state index contributed by atoms with van der Waals surface area (Å²) in [6, 6.07) is 18.2. The van der Waals surface area contributed by atoms with Gasteiger partial charge in [-0.3, -0.25) is 0 Å². The molecule has 4 heteroatoms. The van der Waals surface area contributed by atoms with Gasteiger partial charge < -0.3 is 14.0 Å². The molecule has 0 radical (unpaired) electrons. The standard InChI is InChI=1S/C21H25BO3/c1-20(2)21(3,4)25-22(24-20)18(15-16-11-7-6-8-12-16)17-13-9-10-14-19(17)23-5/h6-15H,1-5H3/b18-15+. The second kappa shape index (κ2) is 6.70. The second-order valence-corrected chi connectivity index (χ2v) is 7.30. The average Bonchev–Trinajstić information content (AvgIpc) is 2.81. The van der Waals surface area contributed by atoms with Crippen LogP contribution in [0, 0.1) is 0 Å². The van der Waals surface area contributed by atoms with Crippen LogP contribution < -0.4 is 4.74 Å². The summed E-state index contributed by atoms with van der Waals surface area (Å²) in [5, 5.41) is 0. The molecule has 3 rings (SSSR count). The van der Waals surface area contributed by atoms with Crippen LogP contribution >= 0.6 is 0 Å². The number of methoxy groups -OCH3 is 1. The van der Waals surface area contributed by atoms with Crippen molar-refractivity contribution in [2.45, 2.75) is 38.9 Å². The first-order chi connectivity index (χ1) is 11.8. The molecule has 0 amide bonds. The van der Waals surface area contributed by atoms with Crippen LogP contribution in [-0.4, -0.2) is 25.4 Å². The molecule has 1 aliphatic rings. The maximum atomic E-state index is 6.31. The summed E-state index contributed by atoms with van der Waals surface area (Å²) < 4.78 is 18.2. The highest BCUT2D eigenvalue weighted by molar-refractivity contribution is 6.70. The summed E-state index contributed by atoms with van der Waals surface area (Å²) in [6.45, 7) is 8.26. The van der Waals surface area contributed by atoms with Crippen molar-refractivity contribution < 1.29 is 14.0 Å². The lowest BCUT2D eigenvalue weighted by molar-refractivity contribution is 0.00578. The van der Waals surface area contributed by atoms with Gasteiger partial charge in [0.25, 0.3) is 0 Å². The second-order valence-electron chi connectivity index (χ2n) is 7.30. The Morgan fingerprint density at radius 2 is 1.44 bits per heavy atom. The van der Waals surface area contributed by atoms with E-state index < -0.39 is 18.3 Å². The molecule has 1 fully saturated rings. The Labute approximate surface area is 150 Å². The van der Waals surface area contributed by atoms with Crippen molar-refractivity contribution in [1.29, 1.82) is 0 Å². The molecule has 0 bridgehead atoms. The highest BCUT2D eigenvalue weighted by atomic mass is 16.7. The van der Waals surface area contributed by atoms with Crippen molar-refractivity contribution in [3.05, 3.63) is 65.7 Å². The van der Waals surface area contributed by atoms with Gasteiger partial charge in [0.05, 0.1) is 18.3 Å². The molecule has 0 aliphatic carbocycles. The summed E-state index contributed by atoms with van der Waals surface area (Å²) in [6.07, 6.45) is 2.11. The zero-order chi connectivity index (χ0) is 18.1. The van der Waals surface area contributed by atoms with E-state index in [0.29, 0.717) is 0 Å². The molecule has 1 aliphatic heterocycles. The molecule has 130 valence electrons. The number of benzene rings is 2. The van der Waals surface area contributed by atoms with Gasteiger partial charge in [0.15, 0.2) is 0 Å². The van der Waals surface area contributed by atoms with Gasteiger partial charge in [-0.15, -0.1) is 0 Å². The van der Waals surface area contributed by atoms with E-state index in [0.717, 1.165) is 22.3 Å². The molecular weight excluding hydrogens is 311 g/mol. The molecule has 3 nitrogen and oxygen atoms in total. The lowest BCUT2D eigenvalue weighted by atomic mass is 9.73. The SMILES string of the molecule is COc1ccccc1/C(=C\c1ccccc1)B1OC(C)(C)C(C)(C)O1. The van der Waals surface area contributed by atoms with Crippen LogP contribution in [0.2, 0.25) is 0 Å². The smallest absolute Gasteiger partial charge is 0.495 e. The van der Waals surface area contributed by atoms with Crippen molar-refractivity contribution in [3.8, 4) is 5.75 Å². The first kappa shape index (κ1) is 17.8. The monoisotopic (exact) mass is 336 g/mol. The fraction of sp³-hybridized carbons (Fsp3) is 0.333. The number of ether oxygens (including phenoxy) is 1. The Morgan fingerprint density at radius 3 is 2.04 bits per heavy atom. The quantitative estimate of drug-likeness (QED) is 0.589. The van der Waals surface area contributed by atoms with E-state index in [4.69, 9.17) is 14.0 Å². The molecule has 2 aromatic carbocycles. The van der Waals surface area contributed by atoms with Crippen LogP contribution in [0.1, 0.15) is 38.8 Å². The summed E-state index contributed by atoms with van der Waals surface area (Å²) in [7, 11) is 1.23. The lowest BCUT2D eigenvalue weighted by Gasteiger charge is -2.32. The van der Waals surface area contributed by atoms with E-state index in [1.807, 2.05) is 42.5 Å². The molecule has 2 aromatic rings. The van der Waals surface area contributed by atoms with Gasteiger partial charge in [-0.25, -0.2) is 0 Å². The fourth-order valence-electron chi connectivity index (χ4n) is 2.85. The van der Waals surface area contributed by atoms with Crippen LogP contribution in [0.25, 0.3) is 11.5 Å². The zero-order valence-corrected chi connectivity index (χ0v) is 15.6. The van der Waals surface area contributed by atoms with Crippen molar-refractivity contribution in [1.82, 2.24) is 0 Å². The average molecular weight is 336 g/mol. The van der Waals surface area contributed by atoms with E-state index in [-0.39, 0.29) is 0 Å². The normalized spacial score (nSPS) is 19.1. The van der Waals surface area contributed by atoms with Crippen LogP contribution in [0.4, 0.5) is 0 Å². The van der Waals surface area contributed by atoms with Crippen LogP contribution in [0.15, 0.2) is 54.6 Å². The summed E-state index contributed by atoms with van der Waals surface area (Å²) in [5.41, 5.74) is 2.25. The topological polar surface area (TPSA) is 27.7 Å². The third-order valence-corrected chi connectivity index (χ3v) is 5.05. The van der Waals surface area contributed by atoms with Gasteiger partial charge in [-0.2, -0.15) is 0 Å². The fourth-order valence-corrected chi connectivity index (χ4v) is 2.85. The molecular formula is C21H25BO3. The summed E-state index contributed by atoms with van der Waals surface area (Å²) >= 11 is 0. The Balaban J connectivity index is 2.10. The maximum absolute atomic E-state index is 6.31. The molecule has 0 unspecified atom stereocenters. The Morgan fingerprint density at radius 1 is 0.880 bits per heavy atom. The van der Waals surface area contributed by atoms with E-state index >= 15 is 0 Å². The van der Waals surface area contributed by atoms with Gasteiger partial charge in [0.2, 0.25) is 0 Å². The molecule has 0 spiro atoms. The molecule has 1 saturated heterocycles.